The van der Waals surface area contributed by atoms with Gasteiger partial charge in [0.2, 0.25) is 0 Å². The molecule has 0 fully saturated rings. The Balaban J connectivity index is 2.44. The Labute approximate surface area is 128 Å². The molecule has 0 aromatic heterocycles. The average Bonchev–Trinajstić information content (AvgIpc) is 2.45. The first-order valence-electron chi connectivity index (χ1n) is 6.09. The van der Waals surface area contributed by atoms with Crippen molar-refractivity contribution in [3.05, 3.63) is 63.6 Å². The lowest BCUT2D eigenvalue weighted by Gasteiger charge is -2.19. The van der Waals surface area contributed by atoms with Gasteiger partial charge < -0.3 is 10.5 Å². The molecular formula is C15H13BrF3NO. The third-order valence-electron chi connectivity index (χ3n) is 3.13. The Morgan fingerprint density at radius 2 is 1.71 bits per heavy atom. The molecule has 0 amide bonds. The van der Waals surface area contributed by atoms with Gasteiger partial charge in [0.25, 0.3) is 0 Å². The van der Waals surface area contributed by atoms with Crippen LogP contribution in [0.3, 0.4) is 0 Å². The molecule has 1 unspecified atom stereocenters. The highest BCUT2D eigenvalue weighted by Gasteiger charge is 2.35. The molecule has 21 heavy (non-hydrogen) atoms. The molecule has 2 aromatic carbocycles. The van der Waals surface area contributed by atoms with E-state index in [2.05, 4.69) is 15.9 Å². The van der Waals surface area contributed by atoms with Crippen molar-refractivity contribution in [1.82, 2.24) is 0 Å². The number of benzene rings is 2. The molecule has 0 bridgehead atoms. The van der Waals surface area contributed by atoms with Gasteiger partial charge in [0.1, 0.15) is 5.75 Å². The van der Waals surface area contributed by atoms with E-state index >= 15 is 0 Å². The number of methoxy groups -OCH3 is 1. The molecule has 112 valence electrons. The summed E-state index contributed by atoms with van der Waals surface area (Å²) in [6.45, 7) is 0. The van der Waals surface area contributed by atoms with Crippen LogP contribution in [0.4, 0.5) is 13.2 Å². The van der Waals surface area contributed by atoms with Crippen molar-refractivity contribution in [2.75, 3.05) is 7.11 Å². The van der Waals surface area contributed by atoms with Crippen LogP contribution in [-0.2, 0) is 6.18 Å². The maximum Gasteiger partial charge on any atom is 0.416 e. The number of hydrogen-bond donors (Lipinski definition) is 1. The lowest BCUT2D eigenvalue weighted by atomic mass is 9.95. The first kappa shape index (κ1) is 15.9. The van der Waals surface area contributed by atoms with E-state index in [4.69, 9.17) is 10.5 Å². The van der Waals surface area contributed by atoms with Crippen molar-refractivity contribution in [3.8, 4) is 5.75 Å². The van der Waals surface area contributed by atoms with Gasteiger partial charge in [0, 0.05) is 4.47 Å². The summed E-state index contributed by atoms with van der Waals surface area (Å²) >= 11 is 3.06. The Bertz CT molecular complexity index is 626. The third kappa shape index (κ3) is 3.57. The number of hydrogen-bond acceptors (Lipinski definition) is 2. The number of ether oxygens (including phenoxy) is 1. The molecule has 0 heterocycles. The molecule has 2 aromatic rings. The van der Waals surface area contributed by atoms with Crippen molar-refractivity contribution < 1.29 is 17.9 Å². The van der Waals surface area contributed by atoms with Gasteiger partial charge in [0.05, 0.1) is 18.7 Å². The highest BCUT2D eigenvalue weighted by atomic mass is 79.9. The zero-order valence-corrected chi connectivity index (χ0v) is 12.7. The molecule has 0 aliphatic rings. The summed E-state index contributed by atoms with van der Waals surface area (Å²) < 4.78 is 44.8. The van der Waals surface area contributed by atoms with Crippen LogP contribution in [0.25, 0.3) is 0 Å². The minimum atomic E-state index is -4.46. The fourth-order valence-corrected chi connectivity index (χ4v) is 2.40. The Kier molecular flexibility index (Phi) is 4.58. The molecule has 2 rings (SSSR count). The SMILES string of the molecule is COc1ccc(C(N)c2ccc(Br)cc2C(F)(F)F)cc1. The van der Waals surface area contributed by atoms with Crippen LogP contribution in [0, 0.1) is 0 Å². The zero-order valence-electron chi connectivity index (χ0n) is 11.1. The largest absolute Gasteiger partial charge is 0.497 e. The molecule has 6 heteroatoms. The average molecular weight is 360 g/mol. The van der Waals surface area contributed by atoms with Gasteiger partial charge >= 0.3 is 6.18 Å². The molecule has 2 nitrogen and oxygen atoms in total. The van der Waals surface area contributed by atoms with Gasteiger partial charge in [-0.05, 0) is 35.4 Å². The molecule has 2 N–H and O–H groups in total. The molecule has 0 radical (unpaired) electrons. The van der Waals surface area contributed by atoms with E-state index in [1.807, 2.05) is 0 Å². The van der Waals surface area contributed by atoms with E-state index in [-0.39, 0.29) is 5.56 Å². The smallest absolute Gasteiger partial charge is 0.416 e. The van der Waals surface area contributed by atoms with Gasteiger partial charge in [-0.25, -0.2) is 0 Å². The van der Waals surface area contributed by atoms with Crippen LogP contribution in [0.1, 0.15) is 22.7 Å². The maximum absolute atomic E-state index is 13.1. The van der Waals surface area contributed by atoms with Gasteiger partial charge in [-0.15, -0.1) is 0 Å². The van der Waals surface area contributed by atoms with Crippen molar-refractivity contribution in [1.29, 1.82) is 0 Å². The number of alkyl halides is 3. The van der Waals surface area contributed by atoms with E-state index in [0.29, 0.717) is 15.8 Å². The summed E-state index contributed by atoms with van der Waals surface area (Å²) in [5.41, 5.74) is 5.89. The van der Waals surface area contributed by atoms with Gasteiger partial charge in [-0.2, -0.15) is 13.2 Å². The predicted octanol–water partition coefficient (Wildman–Crippen LogP) is 4.52. The normalized spacial score (nSPS) is 13.0. The van der Waals surface area contributed by atoms with E-state index in [9.17, 15) is 13.2 Å². The lowest BCUT2D eigenvalue weighted by molar-refractivity contribution is -0.138. The van der Waals surface area contributed by atoms with Crippen LogP contribution in [0.5, 0.6) is 5.75 Å². The topological polar surface area (TPSA) is 35.2 Å². The summed E-state index contributed by atoms with van der Waals surface area (Å²) in [7, 11) is 1.52. The van der Waals surface area contributed by atoms with E-state index in [1.54, 1.807) is 30.3 Å². The molecule has 1 atom stereocenters. The quantitative estimate of drug-likeness (QED) is 0.873. The first-order chi connectivity index (χ1) is 9.82. The van der Waals surface area contributed by atoms with Crippen molar-refractivity contribution >= 4 is 15.9 Å². The molecular weight excluding hydrogens is 347 g/mol. The van der Waals surface area contributed by atoms with Gasteiger partial charge in [-0.1, -0.05) is 34.1 Å². The fraction of sp³-hybridized carbons (Fsp3) is 0.200. The molecule has 0 aliphatic heterocycles. The summed E-state index contributed by atoms with van der Waals surface area (Å²) in [5, 5.41) is 0. The third-order valence-corrected chi connectivity index (χ3v) is 3.62. The summed E-state index contributed by atoms with van der Waals surface area (Å²) in [6, 6.07) is 9.77. The molecule has 0 saturated heterocycles. The minimum absolute atomic E-state index is 0.0378. The molecule has 0 saturated carbocycles. The molecule has 0 aliphatic carbocycles. The summed E-state index contributed by atoms with van der Waals surface area (Å²) in [5.74, 6) is 0.623. The lowest BCUT2D eigenvalue weighted by Crippen LogP contribution is -2.18. The summed E-state index contributed by atoms with van der Waals surface area (Å²) in [4.78, 5) is 0. The minimum Gasteiger partial charge on any atom is -0.497 e. The van der Waals surface area contributed by atoms with Crippen LogP contribution in [-0.4, -0.2) is 7.11 Å². The van der Waals surface area contributed by atoms with Crippen molar-refractivity contribution in [2.45, 2.75) is 12.2 Å². The van der Waals surface area contributed by atoms with Crippen LogP contribution in [0.2, 0.25) is 0 Å². The highest BCUT2D eigenvalue weighted by molar-refractivity contribution is 9.10. The highest BCUT2D eigenvalue weighted by Crippen LogP contribution is 2.37. The number of rotatable bonds is 3. The van der Waals surface area contributed by atoms with E-state index in [1.165, 1.54) is 13.2 Å². The zero-order chi connectivity index (χ0) is 15.6. The number of halogens is 4. The second-order valence-electron chi connectivity index (χ2n) is 4.48. The number of nitrogens with two attached hydrogens (primary N) is 1. The first-order valence-corrected chi connectivity index (χ1v) is 6.88. The van der Waals surface area contributed by atoms with E-state index < -0.39 is 17.8 Å². The van der Waals surface area contributed by atoms with Gasteiger partial charge in [-0.3, -0.25) is 0 Å². The fourth-order valence-electron chi connectivity index (χ4n) is 2.04. The second kappa shape index (κ2) is 6.07. The maximum atomic E-state index is 13.1. The Morgan fingerprint density at radius 1 is 1.10 bits per heavy atom. The standard InChI is InChI=1S/C15H13BrF3NO/c1-21-11-5-2-9(3-6-11)14(20)12-7-4-10(16)8-13(12)15(17,18)19/h2-8,14H,20H2,1H3. The van der Waals surface area contributed by atoms with Crippen LogP contribution >= 0.6 is 15.9 Å². The monoisotopic (exact) mass is 359 g/mol. The van der Waals surface area contributed by atoms with Crippen molar-refractivity contribution in [2.24, 2.45) is 5.73 Å². The predicted molar refractivity (Wildman–Crippen MR) is 78.2 cm³/mol. The van der Waals surface area contributed by atoms with E-state index in [0.717, 1.165) is 6.07 Å². The van der Waals surface area contributed by atoms with Crippen molar-refractivity contribution in [3.63, 3.8) is 0 Å². The van der Waals surface area contributed by atoms with Crippen LogP contribution < -0.4 is 10.5 Å². The Morgan fingerprint density at radius 3 is 2.24 bits per heavy atom. The second-order valence-corrected chi connectivity index (χ2v) is 5.40. The summed E-state index contributed by atoms with van der Waals surface area (Å²) in [6.07, 6.45) is -4.46. The molecule has 0 spiro atoms. The van der Waals surface area contributed by atoms with Crippen LogP contribution in [0.15, 0.2) is 46.9 Å². The Hall–Kier alpha value is -1.53. The van der Waals surface area contributed by atoms with Gasteiger partial charge in [0.15, 0.2) is 0 Å².